The number of likely N-dealkylation sites (tertiary alicyclic amines) is 1. The van der Waals surface area contributed by atoms with E-state index in [4.69, 9.17) is 16.3 Å². The number of aromatic nitrogens is 2. The number of rotatable bonds is 4. The van der Waals surface area contributed by atoms with Crippen molar-refractivity contribution in [3.8, 4) is 5.75 Å². The largest absolute Gasteiger partial charge is 0.496 e. The molecule has 0 amide bonds. The Balaban J connectivity index is 1.94. The lowest BCUT2D eigenvalue weighted by Gasteiger charge is -2.23. The highest BCUT2D eigenvalue weighted by Crippen LogP contribution is 2.29. The van der Waals surface area contributed by atoms with Crippen molar-refractivity contribution >= 4 is 22.5 Å². The number of benzene rings is 1. The fourth-order valence-corrected chi connectivity index (χ4v) is 3.01. The molecule has 0 aliphatic carbocycles. The average molecular weight is 308 g/mol. The van der Waals surface area contributed by atoms with Gasteiger partial charge in [0.05, 0.1) is 12.6 Å². The molecule has 1 unspecified atom stereocenters. The van der Waals surface area contributed by atoms with Crippen molar-refractivity contribution in [1.29, 1.82) is 0 Å². The summed E-state index contributed by atoms with van der Waals surface area (Å²) in [6, 6.07) is 3.75. The van der Waals surface area contributed by atoms with Crippen LogP contribution >= 0.6 is 11.6 Å². The summed E-state index contributed by atoms with van der Waals surface area (Å²) in [5.74, 6) is 0.718. The Labute approximate surface area is 128 Å². The van der Waals surface area contributed by atoms with Crippen molar-refractivity contribution in [1.82, 2.24) is 14.9 Å². The van der Waals surface area contributed by atoms with Crippen molar-refractivity contribution in [2.24, 2.45) is 0 Å². The van der Waals surface area contributed by atoms with Gasteiger partial charge in [0, 0.05) is 31.0 Å². The molecule has 2 aromatic rings. The first kappa shape index (κ1) is 14.5. The molecule has 5 nitrogen and oxygen atoms in total. The standard InChI is InChI=1S/C15H18ClN3O2/c1-21-13-8-12-11(15(16)18-9-17-12)6-10(13)7-14(20)19-4-2-3-5-19/h6,8-9,14,20H,2-5,7H2,1H3. The number of ether oxygens (including phenoxy) is 1. The first-order valence-corrected chi connectivity index (χ1v) is 7.46. The van der Waals surface area contributed by atoms with Gasteiger partial charge in [-0.25, -0.2) is 9.97 Å². The minimum Gasteiger partial charge on any atom is -0.496 e. The molecule has 1 N–H and O–H groups in total. The average Bonchev–Trinajstić information content (AvgIpc) is 3.02. The molecule has 1 aliphatic heterocycles. The van der Waals surface area contributed by atoms with Crippen LogP contribution in [0, 0.1) is 0 Å². The van der Waals surface area contributed by atoms with E-state index in [-0.39, 0.29) is 0 Å². The third kappa shape index (κ3) is 2.95. The zero-order valence-electron chi connectivity index (χ0n) is 11.9. The van der Waals surface area contributed by atoms with Crippen LogP contribution < -0.4 is 4.74 Å². The second-order valence-corrected chi connectivity index (χ2v) is 5.63. The van der Waals surface area contributed by atoms with Crippen LogP contribution in [-0.2, 0) is 6.42 Å². The van der Waals surface area contributed by atoms with E-state index in [2.05, 4.69) is 14.9 Å². The van der Waals surface area contributed by atoms with Crippen LogP contribution in [0.4, 0.5) is 0 Å². The van der Waals surface area contributed by atoms with E-state index < -0.39 is 6.23 Å². The molecule has 1 atom stereocenters. The first-order chi connectivity index (χ1) is 10.2. The summed E-state index contributed by atoms with van der Waals surface area (Å²) in [6.07, 6.45) is 3.73. The molecule has 112 valence electrons. The molecule has 3 rings (SSSR count). The highest BCUT2D eigenvalue weighted by atomic mass is 35.5. The minimum absolute atomic E-state index is 0.416. The summed E-state index contributed by atoms with van der Waals surface area (Å²) in [5.41, 5.74) is 1.66. The van der Waals surface area contributed by atoms with Gasteiger partial charge in [0.25, 0.3) is 0 Å². The molecule has 1 aromatic carbocycles. The molecule has 1 saturated heterocycles. The highest BCUT2D eigenvalue weighted by molar-refractivity contribution is 6.34. The second kappa shape index (κ2) is 6.13. The lowest BCUT2D eigenvalue weighted by atomic mass is 10.1. The molecule has 0 bridgehead atoms. The third-order valence-electron chi connectivity index (χ3n) is 3.95. The van der Waals surface area contributed by atoms with Crippen molar-refractivity contribution in [2.75, 3.05) is 20.2 Å². The van der Waals surface area contributed by atoms with Crippen molar-refractivity contribution < 1.29 is 9.84 Å². The van der Waals surface area contributed by atoms with E-state index >= 15 is 0 Å². The normalized spacial score (nSPS) is 17.3. The second-order valence-electron chi connectivity index (χ2n) is 5.27. The molecular weight excluding hydrogens is 290 g/mol. The summed E-state index contributed by atoms with van der Waals surface area (Å²) in [7, 11) is 1.62. The first-order valence-electron chi connectivity index (χ1n) is 7.08. The number of aliphatic hydroxyl groups is 1. The van der Waals surface area contributed by atoms with Gasteiger partial charge in [-0.2, -0.15) is 0 Å². The summed E-state index contributed by atoms with van der Waals surface area (Å²) in [6.45, 7) is 1.89. The predicted octanol–water partition coefficient (Wildman–Crippen LogP) is 2.25. The fourth-order valence-electron chi connectivity index (χ4n) is 2.81. The number of hydrogen-bond donors (Lipinski definition) is 1. The molecule has 1 aromatic heterocycles. The molecule has 6 heteroatoms. The van der Waals surface area contributed by atoms with Gasteiger partial charge in [0.15, 0.2) is 0 Å². The molecule has 0 spiro atoms. The van der Waals surface area contributed by atoms with Crippen LogP contribution in [0.25, 0.3) is 10.9 Å². The lowest BCUT2D eigenvalue weighted by Crippen LogP contribution is -2.34. The Hall–Kier alpha value is -1.43. The third-order valence-corrected chi connectivity index (χ3v) is 4.25. The van der Waals surface area contributed by atoms with E-state index in [0.29, 0.717) is 11.6 Å². The molecule has 1 aliphatic rings. The Kier molecular flexibility index (Phi) is 4.24. The van der Waals surface area contributed by atoms with E-state index in [9.17, 15) is 5.11 Å². The van der Waals surface area contributed by atoms with Gasteiger partial charge in [-0.1, -0.05) is 11.6 Å². The van der Waals surface area contributed by atoms with Crippen molar-refractivity contribution in [3.05, 3.63) is 29.2 Å². The number of hydrogen-bond acceptors (Lipinski definition) is 5. The van der Waals surface area contributed by atoms with Crippen LogP contribution in [0.3, 0.4) is 0 Å². The molecular formula is C15H18ClN3O2. The smallest absolute Gasteiger partial charge is 0.140 e. The van der Waals surface area contributed by atoms with Crippen molar-refractivity contribution in [2.45, 2.75) is 25.5 Å². The van der Waals surface area contributed by atoms with Gasteiger partial charge >= 0.3 is 0 Å². The summed E-state index contributed by atoms with van der Waals surface area (Å²) in [5, 5.41) is 11.6. The summed E-state index contributed by atoms with van der Waals surface area (Å²) < 4.78 is 5.42. The maximum Gasteiger partial charge on any atom is 0.140 e. The summed E-state index contributed by atoms with van der Waals surface area (Å²) in [4.78, 5) is 10.3. The highest BCUT2D eigenvalue weighted by Gasteiger charge is 2.21. The minimum atomic E-state index is -0.498. The van der Waals surface area contributed by atoms with Gasteiger partial charge in [0.1, 0.15) is 23.5 Å². The SMILES string of the molecule is COc1cc2ncnc(Cl)c2cc1CC(O)N1CCCC1. The molecule has 0 radical (unpaired) electrons. The van der Waals surface area contributed by atoms with Crippen LogP contribution in [-0.4, -0.2) is 46.4 Å². The zero-order valence-corrected chi connectivity index (χ0v) is 12.7. The van der Waals surface area contributed by atoms with Gasteiger partial charge in [-0.05, 0) is 24.5 Å². The quantitative estimate of drug-likeness (QED) is 0.878. The lowest BCUT2D eigenvalue weighted by molar-refractivity contribution is 0.0209. The number of aliphatic hydroxyl groups excluding tert-OH is 1. The maximum absolute atomic E-state index is 10.4. The van der Waals surface area contributed by atoms with E-state index in [1.807, 2.05) is 12.1 Å². The monoisotopic (exact) mass is 307 g/mol. The van der Waals surface area contributed by atoms with E-state index in [0.717, 1.165) is 48.1 Å². The number of nitrogens with zero attached hydrogens (tertiary/aromatic N) is 3. The number of halogens is 1. The molecule has 0 saturated carbocycles. The van der Waals surface area contributed by atoms with Gasteiger partial charge < -0.3 is 9.84 Å². The van der Waals surface area contributed by atoms with E-state index in [1.54, 1.807) is 7.11 Å². The van der Waals surface area contributed by atoms with Gasteiger partial charge in [0.2, 0.25) is 0 Å². The number of methoxy groups -OCH3 is 1. The van der Waals surface area contributed by atoms with Crippen LogP contribution in [0.1, 0.15) is 18.4 Å². The maximum atomic E-state index is 10.4. The molecule has 2 heterocycles. The molecule has 21 heavy (non-hydrogen) atoms. The fraction of sp³-hybridized carbons (Fsp3) is 0.467. The number of fused-ring (bicyclic) bond motifs is 1. The Morgan fingerprint density at radius 3 is 2.81 bits per heavy atom. The Bertz CT molecular complexity index is 644. The summed E-state index contributed by atoms with van der Waals surface area (Å²) >= 11 is 6.12. The topological polar surface area (TPSA) is 58.5 Å². The van der Waals surface area contributed by atoms with E-state index in [1.165, 1.54) is 6.33 Å². The Morgan fingerprint density at radius 2 is 2.10 bits per heavy atom. The van der Waals surface area contributed by atoms with Crippen LogP contribution in [0.15, 0.2) is 18.5 Å². The van der Waals surface area contributed by atoms with Gasteiger partial charge in [-0.15, -0.1) is 0 Å². The molecule has 1 fully saturated rings. The van der Waals surface area contributed by atoms with Gasteiger partial charge in [-0.3, -0.25) is 4.90 Å². The Morgan fingerprint density at radius 1 is 1.33 bits per heavy atom. The van der Waals surface area contributed by atoms with Crippen molar-refractivity contribution in [3.63, 3.8) is 0 Å². The van der Waals surface area contributed by atoms with Crippen LogP contribution in [0.5, 0.6) is 5.75 Å². The predicted molar refractivity (Wildman–Crippen MR) is 81.6 cm³/mol. The zero-order chi connectivity index (χ0) is 14.8. The van der Waals surface area contributed by atoms with Crippen LogP contribution in [0.2, 0.25) is 5.15 Å².